The number of anilines is 1. The number of carbonyl (C=O) groups excluding carboxylic acids is 1. The van der Waals surface area contributed by atoms with Gasteiger partial charge in [0.05, 0.1) is 26.0 Å². The smallest absolute Gasteiger partial charge is 0.251 e. The number of nitrogens with zero attached hydrogens (tertiary/aromatic N) is 2. The lowest BCUT2D eigenvalue weighted by Crippen LogP contribution is -2.48. The van der Waals surface area contributed by atoms with E-state index in [9.17, 15) is 4.79 Å². The number of hydrogen-bond donors (Lipinski definition) is 2. The van der Waals surface area contributed by atoms with Crippen LogP contribution in [0.1, 0.15) is 37.0 Å². The van der Waals surface area contributed by atoms with E-state index in [1.54, 1.807) is 25.3 Å². The summed E-state index contributed by atoms with van der Waals surface area (Å²) in [6.07, 6.45) is 1.90. The molecule has 1 fully saturated rings. The molecule has 1 amide bonds. The number of methoxy groups -OCH3 is 1. The van der Waals surface area contributed by atoms with Crippen molar-refractivity contribution in [3.8, 4) is 28.5 Å². The molecule has 2 heterocycles. The zero-order valence-corrected chi connectivity index (χ0v) is 20.0. The SMILES string of the molecule is CCOc1ccc(C(=O)N[C@H]2CCCN(c3cc(-c4ccc(OC)cc4)[nH]n3)C2)cc1OCC. The summed E-state index contributed by atoms with van der Waals surface area (Å²) in [5.41, 5.74) is 2.55. The van der Waals surface area contributed by atoms with Crippen LogP contribution in [0.2, 0.25) is 0 Å². The van der Waals surface area contributed by atoms with Gasteiger partial charge in [-0.05, 0) is 74.7 Å². The second kappa shape index (κ2) is 11.0. The molecule has 0 radical (unpaired) electrons. The molecular weight excluding hydrogens is 432 g/mol. The molecule has 1 aliphatic rings. The van der Waals surface area contributed by atoms with Crippen LogP contribution in [0, 0.1) is 0 Å². The van der Waals surface area contributed by atoms with Gasteiger partial charge in [0.25, 0.3) is 5.91 Å². The Kier molecular flexibility index (Phi) is 7.57. The molecule has 0 spiro atoms. The summed E-state index contributed by atoms with van der Waals surface area (Å²) in [4.78, 5) is 15.2. The minimum atomic E-state index is -0.114. The Morgan fingerprint density at radius 2 is 1.85 bits per heavy atom. The fourth-order valence-corrected chi connectivity index (χ4v) is 4.16. The minimum absolute atomic E-state index is 0.0319. The molecular formula is C26H32N4O4. The second-order valence-corrected chi connectivity index (χ2v) is 8.15. The van der Waals surface area contributed by atoms with Gasteiger partial charge in [0.1, 0.15) is 5.75 Å². The van der Waals surface area contributed by atoms with Crippen LogP contribution >= 0.6 is 0 Å². The van der Waals surface area contributed by atoms with Gasteiger partial charge in [0.15, 0.2) is 17.3 Å². The predicted molar refractivity (Wildman–Crippen MR) is 132 cm³/mol. The van der Waals surface area contributed by atoms with Crippen LogP contribution < -0.4 is 24.4 Å². The van der Waals surface area contributed by atoms with Crippen LogP contribution in [-0.2, 0) is 0 Å². The number of rotatable bonds is 9. The number of piperidine rings is 1. The normalized spacial score (nSPS) is 15.6. The average molecular weight is 465 g/mol. The van der Waals surface area contributed by atoms with Crippen molar-refractivity contribution in [1.29, 1.82) is 0 Å². The monoisotopic (exact) mass is 464 g/mol. The number of hydrogen-bond acceptors (Lipinski definition) is 6. The number of nitrogens with one attached hydrogen (secondary N) is 2. The minimum Gasteiger partial charge on any atom is -0.497 e. The largest absolute Gasteiger partial charge is 0.497 e. The van der Waals surface area contributed by atoms with Gasteiger partial charge >= 0.3 is 0 Å². The van der Waals surface area contributed by atoms with E-state index < -0.39 is 0 Å². The van der Waals surface area contributed by atoms with Gasteiger partial charge in [-0.3, -0.25) is 9.89 Å². The Hall–Kier alpha value is -3.68. The van der Waals surface area contributed by atoms with Crippen LogP contribution in [0.4, 0.5) is 5.82 Å². The Morgan fingerprint density at radius 3 is 2.59 bits per heavy atom. The lowest BCUT2D eigenvalue weighted by atomic mass is 10.0. The van der Waals surface area contributed by atoms with Crippen molar-refractivity contribution in [2.45, 2.75) is 32.7 Å². The number of aromatic nitrogens is 2. The van der Waals surface area contributed by atoms with E-state index in [0.717, 1.165) is 42.2 Å². The van der Waals surface area contributed by atoms with E-state index in [1.807, 2.05) is 44.2 Å². The topological polar surface area (TPSA) is 88.7 Å². The number of amides is 1. The predicted octanol–water partition coefficient (Wildman–Crippen LogP) is 4.28. The van der Waals surface area contributed by atoms with Crippen molar-refractivity contribution in [3.05, 3.63) is 54.1 Å². The summed E-state index contributed by atoms with van der Waals surface area (Å²) in [6, 6.07) is 15.3. The zero-order valence-electron chi connectivity index (χ0n) is 20.0. The zero-order chi connectivity index (χ0) is 23.9. The molecule has 0 unspecified atom stereocenters. The third-order valence-corrected chi connectivity index (χ3v) is 5.85. The van der Waals surface area contributed by atoms with Crippen LogP contribution in [0.5, 0.6) is 17.2 Å². The Bertz CT molecular complexity index is 1100. The van der Waals surface area contributed by atoms with Gasteiger partial charge in [0.2, 0.25) is 0 Å². The highest BCUT2D eigenvalue weighted by Gasteiger charge is 2.24. The van der Waals surface area contributed by atoms with E-state index in [0.29, 0.717) is 36.8 Å². The van der Waals surface area contributed by atoms with Gasteiger partial charge in [0, 0.05) is 30.8 Å². The fourth-order valence-electron chi connectivity index (χ4n) is 4.16. The highest BCUT2D eigenvalue weighted by atomic mass is 16.5. The summed E-state index contributed by atoms with van der Waals surface area (Å²) in [5, 5.41) is 10.8. The Balaban J connectivity index is 1.41. The maximum absolute atomic E-state index is 13.0. The lowest BCUT2D eigenvalue weighted by Gasteiger charge is -2.33. The number of benzene rings is 2. The maximum Gasteiger partial charge on any atom is 0.251 e. The van der Waals surface area contributed by atoms with Crippen molar-refractivity contribution in [2.24, 2.45) is 0 Å². The first-order valence-electron chi connectivity index (χ1n) is 11.8. The van der Waals surface area contributed by atoms with Crippen molar-refractivity contribution in [3.63, 3.8) is 0 Å². The molecule has 0 aliphatic carbocycles. The maximum atomic E-state index is 13.0. The molecule has 180 valence electrons. The van der Waals surface area contributed by atoms with E-state index in [1.165, 1.54) is 0 Å². The molecule has 2 N–H and O–H groups in total. The summed E-state index contributed by atoms with van der Waals surface area (Å²) in [6.45, 7) is 6.48. The lowest BCUT2D eigenvalue weighted by molar-refractivity contribution is 0.0932. The Morgan fingerprint density at radius 1 is 1.09 bits per heavy atom. The molecule has 8 heteroatoms. The third kappa shape index (κ3) is 5.44. The van der Waals surface area contributed by atoms with Gasteiger partial charge in [-0.1, -0.05) is 0 Å². The molecule has 3 aromatic rings. The molecule has 1 aromatic heterocycles. The number of H-pyrrole nitrogens is 1. The molecule has 34 heavy (non-hydrogen) atoms. The van der Waals surface area contributed by atoms with Gasteiger partial charge in [-0.2, -0.15) is 5.10 Å². The van der Waals surface area contributed by atoms with Gasteiger partial charge in [-0.15, -0.1) is 0 Å². The molecule has 2 aromatic carbocycles. The van der Waals surface area contributed by atoms with Gasteiger partial charge in [-0.25, -0.2) is 0 Å². The van der Waals surface area contributed by atoms with E-state index in [-0.39, 0.29) is 11.9 Å². The molecule has 0 bridgehead atoms. The molecule has 1 aliphatic heterocycles. The fraction of sp³-hybridized carbons (Fsp3) is 0.385. The summed E-state index contributed by atoms with van der Waals surface area (Å²) < 4.78 is 16.5. The van der Waals surface area contributed by atoms with Crippen molar-refractivity contribution in [2.75, 3.05) is 38.3 Å². The summed E-state index contributed by atoms with van der Waals surface area (Å²) >= 11 is 0. The summed E-state index contributed by atoms with van der Waals surface area (Å²) in [5.74, 6) is 2.82. The number of ether oxygens (including phenoxy) is 3. The van der Waals surface area contributed by atoms with Crippen molar-refractivity contribution < 1.29 is 19.0 Å². The summed E-state index contributed by atoms with van der Waals surface area (Å²) in [7, 11) is 1.66. The van der Waals surface area contributed by atoms with Crippen LogP contribution in [-0.4, -0.2) is 55.6 Å². The van der Waals surface area contributed by atoms with Gasteiger partial charge < -0.3 is 24.4 Å². The van der Waals surface area contributed by atoms with Crippen LogP contribution in [0.15, 0.2) is 48.5 Å². The number of carbonyl (C=O) groups is 1. The highest BCUT2D eigenvalue weighted by molar-refractivity contribution is 5.95. The quantitative estimate of drug-likeness (QED) is 0.491. The molecule has 4 rings (SSSR count). The molecule has 0 saturated carbocycles. The van der Waals surface area contributed by atoms with E-state index in [4.69, 9.17) is 14.2 Å². The second-order valence-electron chi connectivity index (χ2n) is 8.15. The van der Waals surface area contributed by atoms with Crippen LogP contribution in [0.25, 0.3) is 11.3 Å². The van der Waals surface area contributed by atoms with Crippen LogP contribution in [0.3, 0.4) is 0 Å². The average Bonchev–Trinajstić information content (AvgIpc) is 3.36. The molecule has 1 saturated heterocycles. The third-order valence-electron chi connectivity index (χ3n) is 5.85. The first-order valence-corrected chi connectivity index (χ1v) is 11.8. The first kappa shape index (κ1) is 23.5. The number of aromatic amines is 1. The standard InChI is InChI=1S/C26H32N4O4/c1-4-33-23-13-10-19(15-24(23)34-5-2)26(31)27-20-7-6-14-30(17-20)25-16-22(28-29-25)18-8-11-21(32-3)12-9-18/h8-13,15-16,20H,4-7,14,17H2,1-3H3,(H,27,31)(H,28,29)/t20-/m0/s1. The van der Waals surface area contributed by atoms with E-state index in [2.05, 4.69) is 20.4 Å². The first-order chi connectivity index (χ1) is 16.6. The molecule has 8 nitrogen and oxygen atoms in total. The Labute approximate surface area is 200 Å². The van der Waals surface area contributed by atoms with Crippen molar-refractivity contribution in [1.82, 2.24) is 15.5 Å². The highest BCUT2D eigenvalue weighted by Crippen LogP contribution is 2.29. The molecule has 1 atom stereocenters. The van der Waals surface area contributed by atoms with Crippen molar-refractivity contribution >= 4 is 11.7 Å². The van der Waals surface area contributed by atoms with E-state index >= 15 is 0 Å².